The van der Waals surface area contributed by atoms with Crippen molar-refractivity contribution in [3.05, 3.63) is 163 Å². The largest absolute Gasteiger partial charge is 0.493 e. The Morgan fingerprint density at radius 2 is 1.47 bits per heavy atom. The average Bonchev–Trinajstić information content (AvgIpc) is 3.63. The van der Waals surface area contributed by atoms with Crippen LogP contribution >= 0.6 is 11.3 Å². The summed E-state index contributed by atoms with van der Waals surface area (Å²) in [6.45, 7) is 6.04. The summed E-state index contributed by atoms with van der Waals surface area (Å²) in [5, 5.41) is 0. The summed E-state index contributed by atoms with van der Waals surface area (Å²) in [7, 11) is 3.12. The molecule has 6 aromatic rings. The van der Waals surface area contributed by atoms with Crippen molar-refractivity contribution in [2.75, 3.05) is 20.8 Å². The summed E-state index contributed by atoms with van der Waals surface area (Å²) in [5.41, 5.74) is 8.16. The van der Waals surface area contributed by atoms with E-state index in [9.17, 15) is 9.59 Å². The Morgan fingerprint density at radius 3 is 2.12 bits per heavy atom. The van der Waals surface area contributed by atoms with Crippen LogP contribution in [-0.4, -0.2) is 35.9 Å². The summed E-state index contributed by atoms with van der Waals surface area (Å²) in [6, 6.07) is 34.9. The highest BCUT2D eigenvalue weighted by atomic mass is 32.1. The number of nitrogens with zero attached hydrogens (tertiary/aromatic N) is 3. The second kappa shape index (κ2) is 14.1. The van der Waals surface area contributed by atoms with Crippen LogP contribution in [0.2, 0.25) is 0 Å². The zero-order chi connectivity index (χ0) is 35.6. The molecule has 4 aromatic carbocycles. The lowest BCUT2D eigenvalue weighted by atomic mass is 9.93. The van der Waals surface area contributed by atoms with Crippen molar-refractivity contribution in [3.63, 3.8) is 0 Å². The van der Waals surface area contributed by atoms with Crippen molar-refractivity contribution in [1.29, 1.82) is 0 Å². The van der Waals surface area contributed by atoms with Crippen LogP contribution in [0.4, 0.5) is 0 Å². The van der Waals surface area contributed by atoms with Crippen molar-refractivity contribution < 1.29 is 19.0 Å². The SMILES string of the molecule is CCOC(=O)C1=C(c2ccccc2)N=c2s/c(=C\c3cc(C)n(-c4ccc(-c5ccccc5)cc4)c3C)c(=O)n2[C@@H]1c1ccc(OC)c(OC)c1. The van der Waals surface area contributed by atoms with Crippen LogP contribution in [-0.2, 0) is 9.53 Å². The van der Waals surface area contributed by atoms with Crippen molar-refractivity contribution in [1.82, 2.24) is 9.13 Å². The molecule has 0 unspecified atom stereocenters. The summed E-state index contributed by atoms with van der Waals surface area (Å²) in [5.74, 6) is 0.461. The standard InChI is InChI=1S/C42H37N3O5S/c1-6-50-41(47)37-38(30-15-11-8-12-16-30)43-42-45(39(37)31-19-22-34(48-4)35(24-31)49-5)40(46)36(51-42)25-32-23-26(2)44(27(32)3)33-20-17-29(18-21-33)28-13-9-7-10-14-28/h7-25,39H,6H2,1-5H3/b36-25-/t39-/m1/s1. The highest BCUT2D eigenvalue weighted by Crippen LogP contribution is 2.38. The Balaban J connectivity index is 1.40. The van der Waals surface area contributed by atoms with Crippen molar-refractivity contribution in [2.45, 2.75) is 26.8 Å². The summed E-state index contributed by atoms with van der Waals surface area (Å²) in [6.07, 6.45) is 1.92. The molecule has 0 fully saturated rings. The minimum Gasteiger partial charge on any atom is -0.493 e. The number of aromatic nitrogens is 2. The van der Waals surface area contributed by atoms with Gasteiger partial charge in [0.1, 0.15) is 0 Å². The number of rotatable bonds is 9. The molecule has 1 aliphatic heterocycles. The quantitative estimate of drug-likeness (QED) is 0.152. The van der Waals surface area contributed by atoms with Gasteiger partial charge >= 0.3 is 5.97 Å². The number of carbonyl (C=O) groups excluding carboxylic acids is 1. The number of hydrogen-bond acceptors (Lipinski definition) is 7. The van der Waals surface area contributed by atoms with Gasteiger partial charge in [0.2, 0.25) is 0 Å². The lowest BCUT2D eigenvalue weighted by Crippen LogP contribution is -2.40. The van der Waals surface area contributed by atoms with Gasteiger partial charge in [0.25, 0.3) is 5.56 Å². The molecule has 8 nitrogen and oxygen atoms in total. The highest BCUT2D eigenvalue weighted by Gasteiger charge is 2.35. The van der Waals surface area contributed by atoms with Gasteiger partial charge in [-0.2, -0.15) is 0 Å². The maximum atomic E-state index is 14.5. The van der Waals surface area contributed by atoms with E-state index in [0.717, 1.165) is 39.3 Å². The normalized spacial score (nSPS) is 14.2. The molecule has 2 aromatic heterocycles. The molecule has 0 spiro atoms. The summed E-state index contributed by atoms with van der Waals surface area (Å²) < 4.78 is 21.0. The highest BCUT2D eigenvalue weighted by molar-refractivity contribution is 7.07. The van der Waals surface area contributed by atoms with Crippen LogP contribution in [0.5, 0.6) is 11.5 Å². The molecule has 0 bridgehead atoms. The van der Waals surface area contributed by atoms with E-state index in [1.807, 2.05) is 60.7 Å². The fourth-order valence-corrected chi connectivity index (χ4v) is 7.68. The van der Waals surface area contributed by atoms with E-state index in [1.54, 1.807) is 37.8 Å². The summed E-state index contributed by atoms with van der Waals surface area (Å²) in [4.78, 5) is 33.9. The van der Waals surface area contributed by atoms with Gasteiger partial charge in [-0.05, 0) is 79.4 Å². The smallest absolute Gasteiger partial charge is 0.338 e. The number of fused-ring (bicyclic) bond motifs is 1. The number of aryl methyl sites for hydroxylation is 1. The minimum absolute atomic E-state index is 0.165. The second-order valence-electron chi connectivity index (χ2n) is 12.1. The van der Waals surface area contributed by atoms with Crippen LogP contribution in [0.1, 0.15) is 41.0 Å². The topological polar surface area (TPSA) is 84.1 Å². The third-order valence-electron chi connectivity index (χ3n) is 9.09. The molecule has 3 heterocycles. The number of methoxy groups -OCH3 is 2. The maximum Gasteiger partial charge on any atom is 0.338 e. The Kier molecular flexibility index (Phi) is 9.30. The molecule has 0 amide bonds. The summed E-state index contributed by atoms with van der Waals surface area (Å²) >= 11 is 1.29. The van der Waals surface area contributed by atoms with Gasteiger partial charge in [-0.15, -0.1) is 0 Å². The molecule has 1 aliphatic rings. The predicted molar refractivity (Wildman–Crippen MR) is 201 cm³/mol. The number of hydrogen-bond donors (Lipinski definition) is 0. The van der Waals surface area contributed by atoms with E-state index in [2.05, 4.69) is 60.9 Å². The van der Waals surface area contributed by atoms with Gasteiger partial charge < -0.3 is 18.8 Å². The minimum atomic E-state index is -0.840. The van der Waals surface area contributed by atoms with Gasteiger partial charge in [0.05, 0.1) is 42.7 Å². The predicted octanol–water partition coefficient (Wildman–Crippen LogP) is 7.03. The molecule has 9 heteroatoms. The Hall–Kier alpha value is -5.93. The van der Waals surface area contributed by atoms with E-state index < -0.39 is 12.0 Å². The monoisotopic (exact) mass is 695 g/mol. The number of benzene rings is 4. The van der Waals surface area contributed by atoms with Gasteiger partial charge in [-0.25, -0.2) is 9.79 Å². The first-order chi connectivity index (χ1) is 24.8. The zero-order valence-electron chi connectivity index (χ0n) is 29.0. The first-order valence-electron chi connectivity index (χ1n) is 16.7. The van der Waals surface area contributed by atoms with E-state index in [1.165, 1.54) is 11.3 Å². The zero-order valence-corrected chi connectivity index (χ0v) is 29.9. The molecule has 51 heavy (non-hydrogen) atoms. The van der Waals surface area contributed by atoms with Crippen molar-refractivity contribution >= 4 is 29.1 Å². The van der Waals surface area contributed by atoms with Crippen molar-refractivity contribution in [3.8, 4) is 28.3 Å². The fourth-order valence-electron chi connectivity index (χ4n) is 6.68. The first kappa shape index (κ1) is 33.6. The molecular formula is C42H37N3O5S. The van der Waals surface area contributed by atoms with Gasteiger partial charge in [-0.1, -0.05) is 90.2 Å². The lowest BCUT2D eigenvalue weighted by Gasteiger charge is -2.26. The van der Waals surface area contributed by atoms with E-state index in [0.29, 0.717) is 32.1 Å². The molecule has 7 rings (SSSR count). The maximum absolute atomic E-state index is 14.5. The van der Waals surface area contributed by atoms with E-state index in [-0.39, 0.29) is 17.7 Å². The van der Waals surface area contributed by atoms with Crippen molar-refractivity contribution in [2.24, 2.45) is 4.99 Å². The van der Waals surface area contributed by atoms with Gasteiger partial charge in [0.15, 0.2) is 16.3 Å². The molecule has 0 radical (unpaired) electrons. The molecule has 256 valence electrons. The Morgan fingerprint density at radius 1 is 0.824 bits per heavy atom. The average molecular weight is 696 g/mol. The molecule has 0 aliphatic carbocycles. The van der Waals surface area contributed by atoms with E-state index in [4.69, 9.17) is 19.2 Å². The Labute approximate surface area is 299 Å². The van der Waals surface area contributed by atoms with Crippen LogP contribution in [0.25, 0.3) is 28.6 Å². The molecule has 0 N–H and O–H groups in total. The second-order valence-corrected chi connectivity index (χ2v) is 13.1. The third-order valence-corrected chi connectivity index (χ3v) is 10.1. The molecule has 0 saturated carbocycles. The molecule has 1 atom stereocenters. The van der Waals surface area contributed by atoms with Crippen LogP contribution < -0.4 is 24.4 Å². The molecule has 0 saturated heterocycles. The fraction of sp³-hybridized carbons (Fsp3) is 0.167. The molecular weight excluding hydrogens is 659 g/mol. The lowest BCUT2D eigenvalue weighted by molar-refractivity contribution is -0.138. The van der Waals surface area contributed by atoms with Gasteiger partial charge in [0, 0.05) is 22.6 Å². The van der Waals surface area contributed by atoms with Crippen LogP contribution in [0.15, 0.2) is 125 Å². The van der Waals surface area contributed by atoms with Crippen LogP contribution in [0.3, 0.4) is 0 Å². The number of esters is 1. The number of ether oxygens (including phenoxy) is 3. The third kappa shape index (κ3) is 6.21. The van der Waals surface area contributed by atoms with Gasteiger partial charge in [-0.3, -0.25) is 9.36 Å². The van der Waals surface area contributed by atoms with E-state index >= 15 is 0 Å². The number of carbonyl (C=O) groups is 1. The number of thiazole rings is 1. The first-order valence-corrected chi connectivity index (χ1v) is 17.5. The van der Waals surface area contributed by atoms with Crippen LogP contribution in [0, 0.1) is 13.8 Å². The Bertz CT molecular complexity index is 2460.